The quantitative estimate of drug-likeness (QED) is 0.723. The number of nitriles is 1. The van der Waals surface area contributed by atoms with E-state index in [0.29, 0.717) is 28.9 Å². The first-order valence-electron chi connectivity index (χ1n) is 7.98. The number of hydrogen-bond acceptors (Lipinski definition) is 6. The van der Waals surface area contributed by atoms with Crippen molar-refractivity contribution < 1.29 is 0 Å². The van der Waals surface area contributed by atoms with E-state index in [-0.39, 0.29) is 0 Å². The lowest BCUT2D eigenvalue weighted by molar-refractivity contribution is 0.867. The second-order valence-electron chi connectivity index (χ2n) is 5.85. The smallest absolute Gasteiger partial charge is 0.249 e. The number of rotatable bonds is 5. The molecule has 0 aliphatic carbocycles. The first kappa shape index (κ1) is 16.4. The van der Waals surface area contributed by atoms with Gasteiger partial charge < -0.3 is 10.6 Å². The summed E-state index contributed by atoms with van der Waals surface area (Å²) in [5, 5.41) is 23.3. The van der Waals surface area contributed by atoms with Crippen molar-refractivity contribution in [1.29, 1.82) is 5.26 Å². The van der Waals surface area contributed by atoms with Gasteiger partial charge in [-0.2, -0.15) is 15.3 Å². The number of benzene rings is 2. The molecule has 0 radical (unpaired) electrons. The van der Waals surface area contributed by atoms with Crippen molar-refractivity contribution in [2.24, 2.45) is 0 Å². The monoisotopic (exact) mass is 330 g/mol. The van der Waals surface area contributed by atoms with E-state index in [9.17, 15) is 0 Å². The second kappa shape index (κ2) is 7.41. The molecular weight excluding hydrogens is 312 g/mol. The Hall–Kier alpha value is -3.46. The fourth-order valence-electron chi connectivity index (χ4n) is 2.32. The minimum atomic E-state index is 0.386. The Bertz CT molecular complexity index is 896. The van der Waals surface area contributed by atoms with Crippen LogP contribution < -0.4 is 10.6 Å². The van der Waals surface area contributed by atoms with Gasteiger partial charge in [0.15, 0.2) is 5.82 Å². The molecule has 25 heavy (non-hydrogen) atoms. The summed E-state index contributed by atoms with van der Waals surface area (Å²) in [4.78, 5) is 4.39. The van der Waals surface area contributed by atoms with Gasteiger partial charge in [-0.15, -0.1) is 5.10 Å². The number of para-hydroxylation sites is 1. The zero-order valence-electron chi connectivity index (χ0n) is 14.1. The molecule has 6 heteroatoms. The van der Waals surface area contributed by atoms with E-state index in [0.717, 1.165) is 5.69 Å². The fourth-order valence-corrected chi connectivity index (χ4v) is 2.32. The molecule has 0 atom stereocenters. The van der Waals surface area contributed by atoms with Crippen LogP contribution in [0, 0.1) is 11.3 Å². The van der Waals surface area contributed by atoms with Crippen molar-refractivity contribution in [3.8, 4) is 6.07 Å². The number of nitrogens with zero attached hydrogens (tertiary/aromatic N) is 4. The molecule has 3 rings (SSSR count). The summed E-state index contributed by atoms with van der Waals surface area (Å²) in [6.45, 7) is 4.31. The third kappa shape index (κ3) is 4.09. The molecule has 1 heterocycles. The zero-order chi connectivity index (χ0) is 17.6. The van der Waals surface area contributed by atoms with Crippen LogP contribution in [0.1, 0.15) is 30.9 Å². The molecular formula is C19H18N6. The fraction of sp³-hybridized carbons (Fsp3) is 0.158. The Kier molecular flexibility index (Phi) is 4.86. The van der Waals surface area contributed by atoms with E-state index in [1.54, 1.807) is 6.07 Å². The molecule has 1 aromatic heterocycles. The average molecular weight is 330 g/mol. The summed E-state index contributed by atoms with van der Waals surface area (Å²) >= 11 is 0. The van der Waals surface area contributed by atoms with E-state index in [2.05, 4.69) is 57.9 Å². The van der Waals surface area contributed by atoms with E-state index >= 15 is 0 Å². The van der Waals surface area contributed by atoms with E-state index in [4.69, 9.17) is 5.26 Å². The lowest BCUT2D eigenvalue weighted by Gasteiger charge is -2.10. The third-order valence-electron chi connectivity index (χ3n) is 3.70. The Morgan fingerprint density at radius 2 is 1.76 bits per heavy atom. The highest BCUT2D eigenvalue weighted by molar-refractivity contribution is 5.64. The van der Waals surface area contributed by atoms with Gasteiger partial charge in [0, 0.05) is 5.69 Å². The van der Waals surface area contributed by atoms with Crippen LogP contribution in [0.4, 0.5) is 23.1 Å². The number of nitrogens with one attached hydrogen (secondary N) is 2. The van der Waals surface area contributed by atoms with Gasteiger partial charge in [-0.05, 0) is 35.7 Å². The first-order chi connectivity index (χ1) is 12.2. The number of hydrogen-bond donors (Lipinski definition) is 2. The van der Waals surface area contributed by atoms with Gasteiger partial charge in [0.2, 0.25) is 5.95 Å². The molecule has 2 N–H and O–H groups in total. The Labute approximate surface area is 146 Å². The highest BCUT2D eigenvalue weighted by Crippen LogP contribution is 2.21. The normalized spacial score (nSPS) is 10.3. The van der Waals surface area contributed by atoms with E-state index < -0.39 is 0 Å². The Balaban J connectivity index is 1.76. The molecule has 0 fully saturated rings. The standard InChI is InChI=1S/C19H18N6/c1-13(2)14-7-9-16(10-8-14)22-19-24-18(12-21-25-19)23-17-6-4-3-5-15(17)11-20/h3-10,12-13H,1-2H3,(H2,22,23,24,25). The van der Waals surface area contributed by atoms with Crippen LogP contribution >= 0.6 is 0 Å². The molecule has 0 unspecified atom stereocenters. The lowest BCUT2D eigenvalue weighted by Crippen LogP contribution is -2.03. The Morgan fingerprint density at radius 3 is 2.48 bits per heavy atom. The highest BCUT2D eigenvalue weighted by atomic mass is 15.3. The molecule has 0 aliphatic heterocycles. The molecule has 2 aromatic carbocycles. The van der Waals surface area contributed by atoms with E-state index in [1.807, 2.05) is 30.3 Å². The molecule has 0 saturated carbocycles. The molecule has 0 amide bonds. The van der Waals surface area contributed by atoms with Crippen LogP contribution in [0.3, 0.4) is 0 Å². The number of anilines is 4. The van der Waals surface area contributed by atoms with Crippen LogP contribution in [0.25, 0.3) is 0 Å². The summed E-state index contributed by atoms with van der Waals surface area (Å²) in [7, 11) is 0. The minimum absolute atomic E-state index is 0.386. The summed E-state index contributed by atoms with van der Waals surface area (Å²) < 4.78 is 0. The maximum absolute atomic E-state index is 9.16. The molecule has 0 bridgehead atoms. The average Bonchev–Trinajstić information content (AvgIpc) is 2.63. The topological polar surface area (TPSA) is 86.5 Å². The van der Waals surface area contributed by atoms with Crippen molar-refractivity contribution in [3.05, 3.63) is 65.9 Å². The van der Waals surface area contributed by atoms with Crippen molar-refractivity contribution in [3.63, 3.8) is 0 Å². The SMILES string of the molecule is CC(C)c1ccc(Nc2nncc(Nc3ccccc3C#N)n2)cc1. The van der Waals surface area contributed by atoms with Gasteiger partial charge in [0.05, 0.1) is 17.4 Å². The van der Waals surface area contributed by atoms with Gasteiger partial charge >= 0.3 is 0 Å². The summed E-state index contributed by atoms with van der Waals surface area (Å²) in [6, 6.07) is 17.5. The van der Waals surface area contributed by atoms with Gasteiger partial charge in [-0.3, -0.25) is 0 Å². The number of aromatic nitrogens is 3. The zero-order valence-corrected chi connectivity index (χ0v) is 14.1. The van der Waals surface area contributed by atoms with Gasteiger partial charge in [0.1, 0.15) is 6.07 Å². The van der Waals surface area contributed by atoms with Crippen molar-refractivity contribution in [2.75, 3.05) is 10.6 Å². The van der Waals surface area contributed by atoms with Crippen molar-refractivity contribution >= 4 is 23.1 Å². The molecule has 124 valence electrons. The largest absolute Gasteiger partial charge is 0.338 e. The third-order valence-corrected chi connectivity index (χ3v) is 3.70. The lowest BCUT2D eigenvalue weighted by atomic mass is 10.0. The van der Waals surface area contributed by atoms with Crippen molar-refractivity contribution in [1.82, 2.24) is 15.2 Å². The summed E-state index contributed by atoms with van der Waals surface area (Å²) in [5.41, 5.74) is 3.38. The molecule has 3 aromatic rings. The van der Waals surface area contributed by atoms with Crippen LogP contribution in [0.15, 0.2) is 54.7 Å². The summed E-state index contributed by atoms with van der Waals surface area (Å²) in [6.07, 6.45) is 1.52. The molecule has 0 saturated heterocycles. The highest BCUT2D eigenvalue weighted by Gasteiger charge is 2.05. The van der Waals surface area contributed by atoms with Gasteiger partial charge in [-0.25, -0.2) is 0 Å². The van der Waals surface area contributed by atoms with Crippen LogP contribution in [0.2, 0.25) is 0 Å². The van der Waals surface area contributed by atoms with E-state index in [1.165, 1.54) is 11.8 Å². The Morgan fingerprint density at radius 1 is 1.00 bits per heavy atom. The van der Waals surface area contributed by atoms with Crippen LogP contribution in [-0.2, 0) is 0 Å². The molecule has 0 aliphatic rings. The van der Waals surface area contributed by atoms with Crippen LogP contribution in [0.5, 0.6) is 0 Å². The minimum Gasteiger partial charge on any atom is -0.338 e. The maximum Gasteiger partial charge on any atom is 0.249 e. The second-order valence-corrected chi connectivity index (χ2v) is 5.85. The summed E-state index contributed by atoms with van der Waals surface area (Å²) in [5.74, 6) is 1.38. The molecule has 6 nitrogen and oxygen atoms in total. The van der Waals surface area contributed by atoms with Crippen molar-refractivity contribution in [2.45, 2.75) is 19.8 Å². The van der Waals surface area contributed by atoms with Gasteiger partial charge in [0.25, 0.3) is 0 Å². The predicted octanol–water partition coefficient (Wildman–Crippen LogP) is 4.35. The first-order valence-corrected chi connectivity index (χ1v) is 7.98. The predicted molar refractivity (Wildman–Crippen MR) is 98.1 cm³/mol. The maximum atomic E-state index is 9.16. The molecule has 0 spiro atoms. The van der Waals surface area contributed by atoms with Gasteiger partial charge in [-0.1, -0.05) is 38.1 Å². The van der Waals surface area contributed by atoms with Crippen LogP contribution in [-0.4, -0.2) is 15.2 Å².